The molecule has 6 nitrogen and oxygen atoms in total. The first-order valence-electron chi connectivity index (χ1n) is 9.08. The van der Waals surface area contributed by atoms with Gasteiger partial charge in [-0.05, 0) is 31.0 Å². The van der Waals surface area contributed by atoms with E-state index in [1.54, 1.807) is 11.3 Å². The smallest absolute Gasteiger partial charge is 0.197 e. The van der Waals surface area contributed by atoms with Crippen molar-refractivity contribution >= 4 is 17.2 Å². The highest BCUT2D eigenvalue weighted by molar-refractivity contribution is 7.13. The molecule has 0 fully saturated rings. The van der Waals surface area contributed by atoms with Crippen LogP contribution in [0, 0.1) is 5.82 Å². The van der Waals surface area contributed by atoms with E-state index < -0.39 is 0 Å². The number of ether oxygens (including phenoxy) is 3. The van der Waals surface area contributed by atoms with Gasteiger partial charge in [0.05, 0.1) is 17.2 Å². The number of nitrogens with zero attached hydrogens (tertiary/aromatic N) is 2. The Balaban J connectivity index is 1.39. The number of aromatic nitrogens is 2. The Kier molecular flexibility index (Phi) is 5.57. The van der Waals surface area contributed by atoms with Crippen LogP contribution in [0.4, 0.5) is 10.2 Å². The summed E-state index contributed by atoms with van der Waals surface area (Å²) in [7, 11) is 0. The quantitative estimate of drug-likeness (QED) is 0.641. The van der Waals surface area contributed by atoms with Gasteiger partial charge in [-0.25, -0.2) is 14.4 Å². The SMILES string of the molecule is CCOc1csc(-c2cc(NCCc3cc(F)c4c(c3)OCCO4)ncn2)c1. The first-order valence-corrected chi connectivity index (χ1v) is 9.96. The molecule has 0 saturated heterocycles. The molecule has 0 radical (unpaired) electrons. The number of hydrogen-bond acceptors (Lipinski definition) is 7. The van der Waals surface area contributed by atoms with Crippen molar-refractivity contribution in [3.8, 4) is 27.8 Å². The molecule has 4 rings (SSSR count). The second-order valence-corrected chi connectivity index (χ2v) is 7.06. The molecule has 1 aromatic carbocycles. The van der Waals surface area contributed by atoms with Crippen LogP contribution in [0.25, 0.3) is 10.6 Å². The summed E-state index contributed by atoms with van der Waals surface area (Å²) in [5.41, 5.74) is 1.67. The number of halogens is 1. The number of thiophene rings is 1. The zero-order chi connectivity index (χ0) is 19.3. The van der Waals surface area contributed by atoms with E-state index in [-0.39, 0.29) is 11.6 Å². The van der Waals surface area contributed by atoms with E-state index in [1.165, 1.54) is 12.4 Å². The van der Waals surface area contributed by atoms with Gasteiger partial charge in [-0.2, -0.15) is 0 Å². The first kappa shape index (κ1) is 18.5. The fraction of sp³-hybridized carbons (Fsp3) is 0.300. The molecule has 0 unspecified atom stereocenters. The highest BCUT2D eigenvalue weighted by atomic mass is 32.1. The van der Waals surface area contributed by atoms with Gasteiger partial charge in [-0.3, -0.25) is 0 Å². The molecule has 146 valence electrons. The van der Waals surface area contributed by atoms with Gasteiger partial charge in [0.1, 0.15) is 31.1 Å². The molecular weight excluding hydrogens is 381 g/mol. The average Bonchev–Trinajstić information content (AvgIpc) is 3.17. The van der Waals surface area contributed by atoms with Gasteiger partial charge >= 0.3 is 0 Å². The molecule has 0 saturated carbocycles. The molecular formula is C20H20FN3O3S. The highest BCUT2D eigenvalue weighted by Crippen LogP contribution is 2.34. The third-order valence-electron chi connectivity index (χ3n) is 4.18. The molecule has 28 heavy (non-hydrogen) atoms. The van der Waals surface area contributed by atoms with Gasteiger partial charge < -0.3 is 19.5 Å². The van der Waals surface area contributed by atoms with Crippen molar-refractivity contribution in [2.75, 3.05) is 31.7 Å². The van der Waals surface area contributed by atoms with Crippen LogP contribution in [-0.4, -0.2) is 36.3 Å². The lowest BCUT2D eigenvalue weighted by Gasteiger charge is -2.19. The van der Waals surface area contributed by atoms with Crippen molar-refractivity contribution in [3.05, 3.63) is 47.4 Å². The summed E-state index contributed by atoms with van der Waals surface area (Å²) < 4.78 is 30.4. The maximum atomic E-state index is 14.1. The van der Waals surface area contributed by atoms with E-state index in [2.05, 4.69) is 15.3 Å². The lowest BCUT2D eigenvalue weighted by Crippen LogP contribution is -2.17. The van der Waals surface area contributed by atoms with Crippen molar-refractivity contribution in [1.82, 2.24) is 9.97 Å². The molecule has 0 spiro atoms. The second-order valence-electron chi connectivity index (χ2n) is 6.15. The topological polar surface area (TPSA) is 65.5 Å². The zero-order valence-corrected chi connectivity index (χ0v) is 16.2. The van der Waals surface area contributed by atoms with Crippen LogP contribution in [-0.2, 0) is 6.42 Å². The number of rotatable bonds is 7. The predicted octanol–water partition coefficient (Wildman–Crippen LogP) is 4.17. The Hall–Kier alpha value is -2.87. The van der Waals surface area contributed by atoms with Crippen LogP contribution in [0.15, 0.2) is 36.0 Å². The van der Waals surface area contributed by atoms with Gasteiger partial charge in [0.25, 0.3) is 0 Å². The fourth-order valence-corrected chi connectivity index (χ4v) is 3.72. The minimum absolute atomic E-state index is 0.200. The van der Waals surface area contributed by atoms with E-state index in [0.29, 0.717) is 38.5 Å². The van der Waals surface area contributed by atoms with Crippen molar-refractivity contribution in [2.24, 2.45) is 0 Å². The van der Waals surface area contributed by atoms with Crippen molar-refractivity contribution < 1.29 is 18.6 Å². The molecule has 3 aromatic rings. The molecule has 2 aromatic heterocycles. The van der Waals surface area contributed by atoms with E-state index in [9.17, 15) is 4.39 Å². The fourth-order valence-electron chi connectivity index (χ4n) is 2.93. The Labute approximate surface area is 166 Å². The molecule has 1 aliphatic heterocycles. The van der Waals surface area contributed by atoms with Crippen molar-refractivity contribution in [2.45, 2.75) is 13.3 Å². The second kappa shape index (κ2) is 8.43. The summed E-state index contributed by atoms with van der Waals surface area (Å²) in [4.78, 5) is 9.61. The van der Waals surface area contributed by atoms with Gasteiger partial charge in [-0.1, -0.05) is 0 Å². The third-order valence-corrected chi connectivity index (χ3v) is 5.11. The molecule has 0 atom stereocenters. The van der Waals surface area contributed by atoms with Crippen LogP contribution in [0.3, 0.4) is 0 Å². The Morgan fingerprint density at radius 1 is 1.18 bits per heavy atom. The lowest BCUT2D eigenvalue weighted by atomic mass is 10.1. The first-order chi connectivity index (χ1) is 13.7. The maximum Gasteiger partial charge on any atom is 0.197 e. The molecule has 0 aliphatic carbocycles. The third kappa shape index (κ3) is 4.17. The van der Waals surface area contributed by atoms with Gasteiger partial charge in [0.2, 0.25) is 0 Å². The number of fused-ring (bicyclic) bond motifs is 1. The minimum atomic E-state index is -0.390. The van der Waals surface area contributed by atoms with E-state index in [0.717, 1.165) is 27.7 Å². The summed E-state index contributed by atoms with van der Waals surface area (Å²) in [5.74, 6) is 1.84. The largest absolute Gasteiger partial charge is 0.493 e. The van der Waals surface area contributed by atoms with E-state index in [4.69, 9.17) is 14.2 Å². The van der Waals surface area contributed by atoms with Gasteiger partial charge in [0, 0.05) is 24.1 Å². The molecule has 3 heterocycles. The molecule has 8 heteroatoms. The minimum Gasteiger partial charge on any atom is -0.493 e. The predicted molar refractivity (Wildman–Crippen MR) is 106 cm³/mol. The molecule has 0 bridgehead atoms. The van der Waals surface area contributed by atoms with Crippen LogP contribution >= 0.6 is 11.3 Å². The molecule has 1 aliphatic rings. The number of benzene rings is 1. The Bertz CT molecular complexity index is 964. The summed E-state index contributed by atoms with van der Waals surface area (Å²) in [6, 6.07) is 7.18. The van der Waals surface area contributed by atoms with E-state index >= 15 is 0 Å². The number of nitrogens with one attached hydrogen (secondary N) is 1. The monoisotopic (exact) mass is 401 g/mol. The van der Waals surface area contributed by atoms with Crippen molar-refractivity contribution in [3.63, 3.8) is 0 Å². The lowest BCUT2D eigenvalue weighted by molar-refractivity contribution is 0.164. The van der Waals surface area contributed by atoms with Crippen LogP contribution < -0.4 is 19.5 Å². The summed E-state index contributed by atoms with van der Waals surface area (Å²) in [5, 5.41) is 5.23. The van der Waals surface area contributed by atoms with Gasteiger partial charge in [0.15, 0.2) is 17.3 Å². The molecule has 1 N–H and O–H groups in total. The number of hydrogen-bond donors (Lipinski definition) is 1. The standard InChI is InChI=1S/C20H20FN3O3S/c1-2-25-14-9-18(28-11-14)16-10-19(24-12-23-16)22-4-3-13-7-15(21)20-17(8-13)26-5-6-27-20/h7-12H,2-6H2,1H3,(H,22,23,24). The van der Waals surface area contributed by atoms with Crippen LogP contribution in [0.1, 0.15) is 12.5 Å². The Morgan fingerprint density at radius 2 is 2.07 bits per heavy atom. The van der Waals surface area contributed by atoms with Crippen LogP contribution in [0.2, 0.25) is 0 Å². The van der Waals surface area contributed by atoms with E-state index in [1.807, 2.05) is 30.5 Å². The van der Waals surface area contributed by atoms with Gasteiger partial charge in [-0.15, -0.1) is 11.3 Å². The maximum absolute atomic E-state index is 14.1. The Morgan fingerprint density at radius 3 is 2.96 bits per heavy atom. The highest BCUT2D eigenvalue weighted by Gasteiger charge is 2.17. The molecule has 0 amide bonds. The average molecular weight is 401 g/mol. The van der Waals surface area contributed by atoms with Crippen molar-refractivity contribution in [1.29, 1.82) is 0 Å². The normalized spacial score (nSPS) is 12.6. The summed E-state index contributed by atoms with van der Waals surface area (Å²) >= 11 is 1.58. The van der Waals surface area contributed by atoms with Crippen LogP contribution in [0.5, 0.6) is 17.2 Å². The zero-order valence-electron chi connectivity index (χ0n) is 15.4. The summed E-state index contributed by atoms with van der Waals surface area (Å²) in [6.07, 6.45) is 2.15. The number of anilines is 1. The summed E-state index contributed by atoms with van der Waals surface area (Å²) in [6.45, 7) is 4.00.